The summed E-state index contributed by atoms with van der Waals surface area (Å²) >= 11 is 0. The summed E-state index contributed by atoms with van der Waals surface area (Å²) in [5.74, 6) is 1.36. The van der Waals surface area contributed by atoms with Crippen LogP contribution in [0.4, 0.5) is 0 Å². The van der Waals surface area contributed by atoms with Crippen LogP contribution in [0.5, 0.6) is 5.75 Å². The third-order valence-corrected chi connectivity index (χ3v) is 7.64. The molecule has 2 heterocycles. The molecule has 190 valence electrons. The SMILES string of the molecule is COc1ccc2c(c1)C(=O)N=C(N1CCC(Cc3ccccc3)(C(=O)NCc3ccccc3)CC1)CC2. The first-order valence-electron chi connectivity index (χ1n) is 13.0. The van der Waals surface area contributed by atoms with Crippen LogP contribution in [-0.2, 0) is 24.2 Å². The van der Waals surface area contributed by atoms with Gasteiger partial charge in [-0.15, -0.1) is 0 Å². The van der Waals surface area contributed by atoms with E-state index in [1.54, 1.807) is 13.2 Å². The van der Waals surface area contributed by atoms with Gasteiger partial charge in [-0.1, -0.05) is 66.7 Å². The van der Waals surface area contributed by atoms with Crippen LogP contribution in [0.3, 0.4) is 0 Å². The second kappa shape index (κ2) is 11.0. The maximum Gasteiger partial charge on any atom is 0.279 e. The van der Waals surface area contributed by atoms with Gasteiger partial charge in [0.2, 0.25) is 5.91 Å². The van der Waals surface area contributed by atoms with Crippen molar-refractivity contribution in [3.8, 4) is 5.75 Å². The van der Waals surface area contributed by atoms with Gasteiger partial charge in [-0.2, -0.15) is 4.99 Å². The van der Waals surface area contributed by atoms with Crippen LogP contribution in [0.25, 0.3) is 0 Å². The number of amidine groups is 1. The Hall–Kier alpha value is -3.93. The van der Waals surface area contributed by atoms with Crippen LogP contribution >= 0.6 is 0 Å². The van der Waals surface area contributed by atoms with E-state index in [-0.39, 0.29) is 11.8 Å². The summed E-state index contributed by atoms with van der Waals surface area (Å²) in [6.07, 6.45) is 3.57. The van der Waals surface area contributed by atoms with Crippen molar-refractivity contribution in [3.63, 3.8) is 0 Å². The first-order chi connectivity index (χ1) is 18.1. The molecule has 1 fully saturated rings. The number of aryl methyl sites for hydroxylation is 1. The summed E-state index contributed by atoms with van der Waals surface area (Å²) in [7, 11) is 1.60. The lowest BCUT2D eigenvalue weighted by molar-refractivity contribution is -0.133. The van der Waals surface area contributed by atoms with Crippen molar-refractivity contribution < 1.29 is 14.3 Å². The highest BCUT2D eigenvalue weighted by Gasteiger charge is 2.42. The van der Waals surface area contributed by atoms with E-state index < -0.39 is 5.41 Å². The highest BCUT2D eigenvalue weighted by molar-refractivity contribution is 6.05. The first kappa shape index (κ1) is 24.8. The molecule has 6 nitrogen and oxygen atoms in total. The van der Waals surface area contributed by atoms with Crippen molar-refractivity contribution in [3.05, 3.63) is 101 Å². The van der Waals surface area contributed by atoms with Crippen molar-refractivity contribution in [1.82, 2.24) is 10.2 Å². The molecule has 37 heavy (non-hydrogen) atoms. The van der Waals surface area contributed by atoms with E-state index in [1.807, 2.05) is 60.7 Å². The molecule has 0 bridgehead atoms. The molecular weight excluding hydrogens is 462 g/mol. The zero-order valence-electron chi connectivity index (χ0n) is 21.3. The van der Waals surface area contributed by atoms with Crippen molar-refractivity contribution >= 4 is 17.6 Å². The fourth-order valence-electron chi connectivity index (χ4n) is 5.44. The number of carbonyl (C=O) groups excluding carboxylic acids is 2. The molecule has 0 aromatic heterocycles. The van der Waals surface area contributed by atoms with Crippen LogP contribution < -0.4 is 10.1 Å². The number of piperidine rings is 1. The summed E-state index contributed by atoms with van der Waals surface area (Å²) < 4.78 is 5.31. The van der Waals surface area contributed by atoms with Crippen LogP contribution in [0.2, 0.25) is 0 Å². The quantitative estimate of drug-likeness (QED) is 0.532. The Morgan fingerprint density at radius 3 is 2.30 bits per heavy atom. The Kier molecular flexibility index (Phi) is 7.35. The fraction of sp³-hybridized carbons (Fsp3) is 0.323. The largest absolute Gasteiger partial charge is 0.497 e. The Balaban J connectivity index is 1.31. The van der Waals surface area contributed by atoms with E-state index in [0.717, 1.165) is 28.9 Å². The van der Waals surface area contributed by atoms with E-state index in [2.05, 4.69) is 27.3 Å². The molecule has 3 aromatic carbocycles. The monoisotopic (exact) mass is 495 g/mol. The number of benzene rings is 3. The van der Waals surface area contributed by atoms with Gasteiger partial charge in [0, 0.05) is 31.6 Å². The van der Waals surface area contributed by atoms with Gasteiger partial charge in [0.25, 0.3) is 5.91 Å². The average molecular weight is 496 g/mol. The molecule has 5 rings (SSSR count). The molecule has 0 spiro atoms. The molecule has 3 aromatic rings. The smallest absolute Gasteiger partial charge is 0.279 e. The zero-order valence-corrected chi connectivity index (χ0v) is 21.3. The van der Waals surface area contributed by atoms with E-state index >= 15 is 0 Å². The van der Waals surface area contributed by atoms with Gasteiger partial charge in [0.15, 0.2) is 0 Å². The highest BCUT2D eigenvalue weighted by Crippen LogP contribution is 2.36. The van der Waals surface area contributed by atoms with Crippen LogP contribution in [-0.4, -0.2) is 42.7 Å². The number of aliphatic imine (C=N–C) groups is 1. The van der Waals surface area contributed by atoms with Crippen LogP contribution in [0, 0.1) is 5.41 Å². The molecule has 0 unspecified atom stereocenters. The number of ether oxygens (including phenoxy) is 1. The van der Waals surface area contributed by atoms with E-state index in [9.17, 15) is 9.59 Å². The fourth-order valence-corrected chi connectivity index (χ4v) is 5.44. The van der Waals surface area contributed by atoms with Gasteiger partial charge < -0.3 is 15.0 Å². The lowest BCUT2D eigenvalue weighted by atomic mass is 9.72. The Bertz CT molecular complexity index is 1280. The van der Waals surface area contributed by atoms with Crippen LogP contribution in [0.15, 0.2) is 83.9 Å². The molecule has 2 aliphatic rings. The number of hydrogen-bond acceptors (Lipinski definition) is 4. The Morgan fingerprint density at radius 2 is 1.62 bits per heavy atom. The molecule has 0 saturated carbocycles. The van der Waals surface area contributed by atoms with Crippen molar-refractivity contribution in [2.45, 2.75) is 38.6 Å². The van der Waals surface area contributed by atoms with E-state index in [1.165, 1.54) is 0 Å². The lowest BCUT2D eigenvalue weighted by Crippen LogP contribution is -2.51. The maximum absolute atomic E-state index is 13.7. The minimum Gasteiger partial charge on any atom is -0.497 e. The second-order valence-electron chi connectivity index (χ2n) is 9.95. The van der Waals surface area contributed by atoms with Gasteiger partial charge in [0.05, 0.1) is 12.5 Å². The summed E-state index contributed by atoms with van der Waals surface area (Å²) in [6.45, 7) is 1.90. The molecular formula is C31H33N3O3. The number of nitrogens with one attached hydrogen (secondary N) is 1. The normalized spacial score (nSPS) is 16.8. The molecule has 1 N–H and O–H groups in total. The summed E-state index contributed by atoms with van der Waals surface area (Å²) in [5, 5.41) is 3.21. The predicted molar refractivity (Wildman–Crippen MR) is 145 cm³/mol. The van der Waals surface area contributed by atoms with E-state index in [4.69, 9.17) is 4.74 Å². The number of methoxy groups -OCH3 is 1. The van der Waals surface area contributed by atoms with Gasteiger partial charge in [-0.05, 0) is 54.5 Å². The van der Waals surface area contributed by atoms with Gasteiger partial charge in [0.1, 0.15) is 11.6 Å². The van der Waals surface area contributed by atoms with Crippen LogP contribution in [0.1, 0.15) is 46.3 Å². The number of carbonyl (C=O) groups is 2. The molecule has 0 atom stereocenters. The maximum atomic E-state index is 13.7. The molecule has 1 saturated heterocycles. The summed E-state index contributed by atoms with van der Waals surface area (Å²) in [4.78, 5) is 33.4. The van der Waals surface area contributed by atoms with Gasteiger partial charge in [-0.25, -0.2) is 0 Å². The molecule has 0 aliphatic carbocycles. The molecule has 2 amide bonds. The first-order valence-corrected chi connectivity index (χ1v) is 13.0. The summed E-state index contributed by atoms with van der Waals surface area (Å²) in [6, 6.07) is 25.9. The molecule has 6 heteroatoms. The number of amides is 2. The standard InChI is InChI=1S/C31H33N3O3/c1-37-26-14-12-25-13-15-28(33-29(35)27(25)20-26)34-18-16-31(17-19-34,21-23-8-4-2-5-9-23)30(36)32-22-24-10-6-3-7-11-24/h2-12,14,20H,13,15-19,21-22H2,1H3,(H,32,36). The number of rotatable bonds is 6. The minimum absolute atomic E-state index is 0.0956. The predicted octanol–water partition coefficient (Wildman–Crippen LogP) is 4.82. The van der Waals surface area contributed by atoms with Crippen molar-refractivity contribution in [2.24, 2.45) is 10.4 Å². The summed E-state index contributed by atoms with van der Waals surface area (Å²) in [5.41, 5.74) is 3.37. The van der Waals surface area contributed by atoms with Crippen molar-refractivity contribution in [1.29, 1.82) is 0 Å². The Labute approximate surface area is 218 Å². The van der Waals surface area contributed by atoms with Gasteiger partial charge in [-0.3, -0.25) is 9.59 Å². The molecule has 0 radical (unpaired) electrons. The third-order valence-electron chi connectivity index (χ3n) is 7.64. The average Bonchev–Trinajstić information content (AvgIpc) is 3.11. The second-order valence-corrected chi connectivity index (χ2v) is 9.95. The lowest BCUT2D eigenvalue weighted by Gasteiger charge is -2.42. The third kappa shape index (κ3) is 5.58. The molecule has 2 aliphatic heterocycles. The van der Waals surface area contributed by atoms with E-state index in [0.29, 0.717) is 56.6 Å². The number of likely N-dealkylation sites (tertiary alicyclic amines) is 1. The zero-order chi connectivity index (χ0) is 25.7. The number of fused-ring (bicyclic) bond motifs is 1. The highest BCUT2D eigenvalue weighted by atomic mass is 16.5. The number of hydrogen-bond donors (Lipinski definition) is 1. The van der Waals surface area contributed by atoms with Crippen molar-refractivity contribution in [2.75, 3.05) is 20.2 Å². The topological polar surface area (TPSA) is 71.0 Å². The number of nitrogens with zero attached hydrogens (tertiary/aromatic N) is 2. The van der Waals surface area contributed by atoms with Gasteiger partial charge >= 0.3 is 0 Å². The minimum atomic E-state index is -0.502. The Morgan fingerprint density at radius 1 is 0.946 bits per heavy atom.